The minimum Gasteiger partial charge on any atom is -0.352 e. The summed E-state index contributed by atoms with van der Waals surface area (Å²) in [4.78, 5) is 17.7. The van der Waals surface area contributed by atoms with Crippen molar-refractivity contribution < 1.29 is 4.79 Å². The molecule has 0 saturated carbocycles. The standard InChI is InChI=1S/C16H10Cl2IN3O/c17-9-5-6-10(11(18)7-9)14(23)16(19)8-20-15-21-12-3-1-2-4-13(12)22(15)16/h1-7H,8H2,(H,20,21). The molecular formula is C16H10Cl2IN3O. The molecule has 116 valence electrons. The van der Waals surface area contributed by atoms with Crippen LogP contribution in [-0.4, -0.2) is 21.9 Å². The van der Waals surface area contributed by atoms with E-state index in [1.54, 1.807) is 18.2 Å². The fourth-order valence-corrected chi connectivity index (χ4v) is 4.30. The van der Waals surface area contributed by atoms with Crippen molar-refractivity contribution in [2.45, 2.75) is 3.55 Å². The van der Waals surface area contributed by atoms with Crippen LogP contribution in [0.15, 0.2) is 42.5 Å². The zero-order valence-corrected chi connectivity index (χ0v) is 15.4. The van der Waals surface area contributed by atoms with Gasteiger partial charge in [-0.25, -0.2) is 4.98 Å². The molecule has 1 aliphatic heterocycles. The number of benzene rings is 2. The van der Waals surface area contributed by atoms with Crippen molar-refractivity contribution in [1.82, 2.24) is 9.55 Å². The Morgan fingerprint density at radius 3 is 2.83 bits per heavy atom. The van der Waals surface area contributed by atoms with Crippen molar-refractivity contribution in [2.75, 3.05) is 11.9 Å². The molecule has 0 amide bonds. The number of para-hydroxylation sites is 2. The number of imidazole rings is 1. The molecule has 3 aromatic rings. The maximum absolute atomic E-state index is 13.2. The number of anilines is 1. The highest BCUT2D eigenvalue weighted by molar-refractivity contribution is 14.1. The molecular weight excluding hydrogens is 448 g/mol. The highest BCUT2D eigenvalue weighted by atomic mass is 127. The normalized spacial score (nSPS) is 19.6. The predicted octanol–water partition coefficient (Wildman–Crippen LogP) is 4.74. The fourth-order valence-electron chi connectivity index (χ4n) is 2.84. The van der Waals surface area contributed by atoms with Crippen LogP contribution in [0.4, 0.5) is 5.95 Å². The van der Waals surface area contributed by atoms with Gasteiger partial charge >= 0.3 is 0 Å². The number of rotatable bonds is 2. The maximum Gasteiger partial charge on any atom is 0.205 e. The summed E-state index contributed by atoms with van der Waals surface area (Å²) in [6.07, 6.45) is 0. The Balaban J connectivity index is 1.89. The highest BCUT2D eigenvalue weighted by Crippen LogP contribution is 2.42. The first kappa shape index (κ1) is 15.2. The molecule has 1 unspecified atom stereocenters. The summed E-state index contributed by atoms with van der Waals surface area (Å²) < 4.78 is 1.12. The van der Waals surface area contributed by atoms with Gasteiger partial charge in [0.25, 0.3) is 0 Å². The van der Waals surface area contributed by atoms with Crippen molar-refractivity contribution in [3.05, 3.63) is 58.1 Å². The molecule has 1 aromatic heterocycles. The summed E-state index contributed by atoms with van der Waals surface area (Å²) in [5, 5.41) is 4.08. The van der Waals surface area contributed by atoms with Crippen LogP contribution < -0.4 is 5.32 Å². The number of Topliss-reactive ketones (excluding diaryl/α,β-unsaturated/α-hetero) is 1. The summed E-state index contributed by atoms with van der Waals surface area (Å²) in [5.41, 5.74) is 2.23. The Hall–Kier alpha value is -1.31. The molecule has 23 heavy (non-hydrogen) atoms. The van der Waals surface area contributed by atoms with Crippen LogP contribution in [0.3, 0.4) is 0 Å². The van der Waals surface area contributed by atoms with Gasteiger partial charge in [-0.3, -0.25) is 9.36 Å². The van der Waals surface area contributed by atoms with Gasteiger partial charge in [-0.1, -0.05) is 35.3 Å². The van der Waals surface area contributed by atoms with Gasteiger partial charge < -0.3 is 5.32 Å². The van der Waals surface area contributed by atoms with E-state index in [0.717, 1.165) is 11.0 Å². The van der Waals surface area contributed by atoms with Gasteiger partial charge in [-0.05, 0) is 52.9 Å². The number of nitrogens with zero attached hydrogens (tertiary/aromatic N) is 2. The maximum atomic E-state index is 13.2. The Labute approximate surface area is 155 Å². The molecule has 4 rings (SSSR count). The summed E-state index contributed by atoms with van der Waals surface area (Å²) in [5.74, 6) is 0.619. The average molecular weight is 458 g/mol. The predicted molar refractivity (Wildman–Crippen MR) is 101 cm³/mol. The lowest BCUT2D eigenvalue weighted by atomic mass is 10.0. The molecule has 4 nitrogen and oxygen atoms in total. The van der Waals surface area contributed by atoms with Crippen molar-refractivity contribution in [3.8, 4) is 0 Å². The Bertz CT molecular complexity index is 956. The minimum atomic E-state index is -0.819. The molecule has 1 aliphatic rings. The number of carbonyl (C=O) groups is 1. The van der Waals surface area contributed by atoms with E-state index in [0.29, 0.717) is 28.1 Å². The number of hydrogen-bond acceptors (Lipinski definition) is 3. The van der Waals surface area contributed by atoms with Gasteiger partial charge in [-0.2, -0.15) is 0 Å². The molecule has 2 heterocycles. The van der Waals surface area contributed by atoms with Gasteiger partial charge in [0.2, 0.25) is 11.7 Å². The van der Waals surface area contributed by atoms with Gasteiger partial charge in [0.05, 0.1) is 22.6 Å². The topological polar surface area (TPSA) is 46.9 Å². The Morgan fingerprint density at radius 1 is 1.26 bits per heavy atom. The molecule has 0 spiro atoms. The number of hydrogen-bond donors (Lipinski definition) is 1. The average Bonchev–Trinajstić information content (AvgIpc) is 3.05. The van der Waals surface area contributed by atoms with Crippen LogP contribution in [0.2, 0.25) is 10.0 Å². The first-order chi connectivity index (χ1) is 11.0. The number of aromatic nitrogens is 2. The third-order valence-electron chi connectivity index (χ3n) is 3.92. The number of alkyl halides is 1. The van der Waals surface area contributed by atoms with E-state index in [9.17, 15) is 4.79 Å². The summed E-state index contributed by atoms with van der Waals surface area (Å²) in [7, 11) is 0. The van der Waals surface area contributed by atoms with Crippen LogP contribution in [0.25, 0.3) is 11.0 Å². The van der Waals surface area contributed by atoms with Crippen LogP contribution in [0.5, 0.6) is 0 Å². The first-order valence-corrected chi connectivity index (χ1v) is 8.75. The van der Waals surface area contributed by atoms with Crippen LogP contribution in [0.1, 0.15) is 10.4 Å². The molecule has 7 heteroatoms. The lowest BCUT2D eigenvalue weighted by Gasteiger charge is -2.23. The second-order valence-corrected chi connectivity index (χ2v) is 7.95. The zero-order valence-electron chi connectivity index (χ0n) is 11.7. The lowest BCUT2D eigenvalue weighted by molar-refractivity contribution is 0.0929. The quantitative estimate of drug-likeness (QED) is 0.343. The summed E-state index contributed by atoms with van der Waals surface area (Å²) in [6.45, 7) is 0.457. The van der Waals surface area contributed by atoms with Gasteiger partial charge in [0.15, 0.2) is 3.55 Å². The number of carbonyl (C=O) groups excluding carboxylic acids is 1. The van der Waals surface area contributed by atoms with Crippen molar-refractivity contribution >= 4 is 68.6 Å². The second-order valence-electron chi connectivity index (χ2n) is 5.33. The van der Waals surface area contributed by atoms with Crippen LogP contribution in [-0.2, 0) is 3.55 Å². The fraction of sp³-hybridized carbons (Fsp3) is 0.125. The molecule has 0 aliphatic carbocycles. The second kappa shape index (κ2) is 5.36. The number of nitrogens with one attached hydrogen (secondary N) is 1. The third kappa shape index (κ3) is 2.25. The monoisotopic (exact) mass is 457 g/mol. The zero-order chi connectivity index (χ0) is 16.2. The lowest BCUT2D eigenvalue weighted by Crippen LogP contribution is -2.36. The summed E-state index contributed by atoms with van der Waals surface area (Å²) in [6, 6.07) is 12.7. The largest absolute Gasteiger partial charge is 0.352 e. The van der Waals surface area contributed by atoms with Crippen molar-refractivity contribution in [1.29, 1.82) is 0 Å². The van der Waals surface area contributed by atoms with Crippen molar-refractivity contribution in [3.63, 3.8) is 0 Å². The first-order valence-electron chi connectivity index (χ1n) is 6.91. The number of fused-ring (bicyclic) bond motifs is 3. The molecule has 0 radical (unpaired) electrons. The third-order valence-corrected chi connectivity index (χ3v) is 5.82. The Kier molecular flexibility index (Phi) is 3.55. The van der Waals surface area contributed by atoms with E-state index in [1.165, 1.54) is 0 Å². The van der Waals surface area contributed by atoms with E-state index in [2.05, 4.69) is 32.9 Å². The van der Waals surface area contributed by atoms with E-state index in [4.69, 9.17) is 23.2 Å². The van der Waals surface area contributed by atoms with E-state index in [-0.39, 0.29) is 5.78 Å². The smallest absolute Gasteiger partial charge is 0.205 e. The van der Waals surface area contributed by atoms with Gasteiger partial charge in [-0.15, -0.1) is 0 Å². The molecule has 1 N–H and O–H groups in total. The van der Waals surface area contributed by atoms with E-state index < -0.39 is 3.55 Å². The van der Waals surface area contributed by atoms with Gasteiger partial charge in [0.1, 0.15) is 0 Å². The molecule has 1 atom stereocenters. The number of halogens is 3. The van der Waals surface area contributed by atoms with Crippen molar-refractivity contribution in [2.24, 2.45) is 0 Å². The van der Waals surface area contributed by atoms with E-state index in [1.807, 2.05) is 28.8 Å². The SMILES string of the molecule is O=C(c1ccc(Cl)cc1Cl)C1(I)CNc2nc3ccccc3n21. The highest BCUT2D eigenvalue weighted by Gasteiger charge is 2.45. The van der Waals surface area contributed by atoms with Gasteiger partial charge in [0, 0.05) is 10.6 Å². The molecule has 0 fully saturated rings. The van der Waals surface area contributed by atoms with Crippen LogP contribution in [0, 0.1) is 0 Å². The molecule has 0 saturated heterocycles. The summed E-state index contributed by atoms with van der Waals surface area (Å²) >= 11 is 14.3. The molecule has 2 aromatic carbocycles. The van der Waals surface area contributed by atoms with Crippen LogP contribution >= 0.6 is 45.8 Å². The molecule has 0 bridgehead atoms. The number of ketones is 1. The minimum absolute atomic E-state index is 0.0748. The van der Waals surface area contributed by atoms with E-state index >= 15 is 0 Å². The Morgan fingerprint density at radius 2 is 2.04 bits per heavy atom.